The molecule has 0 aliphatic carbocycles. The summed E-state index contributed by atoms with van der Waals surface area (Å²) in [5.41, 5.74) is 0. The van der Waals surface area contributed by atoms with Gasteiger partial charge in [-0.05, 0) is 0 Å². The van der Waals surface area contributed by atoms with E-state index in [0.717, 1.165) is 0 Å². The standard InChI is InChI=1S/6FH.Na.Sn.3H/h6*1H;;;;;/q;;;;;;+1;;;;-1. The quantitative estimate of drug-likeness (QED) is 0.326. The summed E-state index contributed by atoms with van der Waals surface area (Å²) in [5, 5.41) is 0. The molecule has 0 rings (SSSR count). The van der Waals surface area contributed by atoms with Gasteiger partial charge < -0.3 is 1.43 Å². The van der Waals surface area contributed by atoms with Crippen molar-refractivity contribution in [1.82, 2.24) is 0 Å². The van der Waals surface area contributed by atoms with Crippen molar-refractivity contribution in [2.75, 3.05) is 0 Å². The summed E-state index contributed by atoms with van der Waals surface area (Å²) in [7, 11) is 0. The van der Waals surface area contributed by atoms with Crippen LogP contribution in [0.5, 0.6) is 0 Å². The molecule has 0 fully saturated rings. The van der Waals surface area contributed by atoms with Crippen LogP contribution in [0.25, 0.3) is 0 Å². The average molecular weight is 265 g/mol. The molecule has 0 N–H and O–H groups in total. The first-order valence-electron chi connectivity index (χ1n) is 0. The van der Waals surface area contributed by atoms with Crippen molar-refractivity contribution in [3.8, 4) is 0 Å². The van der Waals surface area contributed by atoms with Crippen LogP contribution in [0.4, 0.5) is 28.2 Å². The first kappa shape index (κ1) is 346. The predicted octanol–water partition coefficient (Wildman–Crippen LogP) is -2.88. The molecule has 0 aromatic carbocycles. The van der Waals surface area contributed by atoms with Crippen molar-refractivity contribution < 1.29 is 59.2 Å². The van der Waals surface area contributed by atoms with E-state index in [1.807, 2.05) is 0 Å². The second kappa shape index (κ2) is 240. The molecule has 0 amide bonds. The maximum absolute atomic E-state index is 0. The van der Waals surface area contributed by atoms with Gasteiger partial charge in [-0.15, -0.1) is 0 Å². The Morgan fingerprint density at radius 3 is 0.500 bits per heavy atom. The summed E-state index contributed by atoms with van der Waals surface area (Å²) in [6.45, 7) is 0. The molecule has 0 aliphatic heterocycles. The van der Waals surface area contributed by atoms with Crippen molar-refractivity contribution in [2.24, 2.45) is 0 Å². The van der Waals surface area contributed by atoms with Gasteiger partial charge in [-0.25, -0.2) is 0 Å². The molecule has 0 aromatic heterocycles. The SMILES string of the molecule is F.F.F.F.F.F.[H-].[Na+].[SnH2]. The molecular weight excluding hydrogens is 256 g/mol. The number of hydrogen-bond donors (Lipinski definition) is 0. The van der Waals surface area contributed by atoms with E-state index >= 15 is 0 Å². The summed E-state index contributed by atoms with van der Waals surface area (Å²) in [5.74, 6) is 0. The van der Waals surface area contributed by atoms with Crippen LogP contribution in [0, 0.1) is 0 Å². The summed E-state index contributed by atoms with van der Waals surface area (Å²) < 4.78 is 0. The third-order valence-corrected chi connectivity index (χ3v) is 0. The van der Waals surface area contributed by atoms with Crippen molar-refractivity contribution in [1.29, 1.82) is 0 Å². The fraction of sp³-hybridized carbons (Fsp3) is 0. The zero-order chi connectivity index (χ0) is 0. The molecular formula is H9F6NaSn. The summed E-state index contributed by atoms with van der Waals surface area (Å²) in [6.07, 6.45) is 0. The van der Waals surface area contributed by atoms with Crippen LogP contribution in [-0.2, 0) is 0 Å². The molecule has 2 radical (unpaired) electrons. The van der Waals surface area contributed by atoms with Crippen molar-refractivity contribution in [3.05, 3.63) is 0 Å². The molecule has 0 bridgehead atoms. The van der Waals surface area contributed by atoms with Crippen LogP contribution in [0.2, 0.25) is 0 Å². The Morgan fingerprint density at radius 2 is 0.500 bits per heavy atom. The molecule has 0 heterocycles. The minimum atomic E-state index is 0. The van der Waals surface area contributed by atoms with Gasteiger partial charge in [0, 0.05) is 0 Å². The van der Waals surface area contributed by atoms with Crippen LogP contribution >= 0.6 is 0 Å². The molecule has 0 saturated carbocycles. The number of halogens is 6. The first-order chi connectivity index (χ1) is 0. The summed E-state index contributed by atoms with van der Waals surface area (Å²) >= 11 is 0. The predicted molar refractivity (Wildman–Crippen MR) is 24.7 cm³/mol. The van der Waals surface area contributed by atoms with Crippen LogP contribution in [0.15, 0.2) is 0 Å². The van der Waals surface area contributed by atoms with Gasteiger partial charge in [0.1, 0.15) is 0 Å². The van der Waals surface area contributed by atoms with Gasteiger partial charge in [0.25, 0.3) is 0 Å². The molecule has 56 valence electrons. The molecule has 0 unspecified atom stereocenters. The molecule has 0 aliphatic rings. The van der Waals surface area contributed by atoms with Gasteiger partial charge in [-0.1, -0.05) is 0 Å². The van der Waals surface area contributed by atoms with Crippen LogP contribution in [-0.4, -0.2) is 23.9 Å². The van der Waals surface area contributed by atoms with Crippen molar-refractivity contribution in [3.63, 3.8) is 0 Å². The second-order valence-electron chi connectivity index (χ2n) is 0. The Balaban J connectivity index is 0. The van der Waals surface area contributed by atoms with Gasteiger partial charge in [-0.2, -0.15) is 0 Å². The van der Waals surface area contributed by atoms with E-state index in [1.165, 1.54) is 0 Å². The normalized spacial score (nSPS) is 0. The fourth-order valence-corrected chi connectivity index (χ4v) is 0. The Morgan fingerprint density at radius 1 is 0.500 bits per heavy atom. The van der Waals surface area contributed by atoms with Gasteiger partial charge in [0.05, 0.1) is 0 Å². The van der Waals surface area contributed by atoms with E-state index in [-0.39, 0.29) is 83.1 Å². The van der Waals surface area contributed by atoms with Gasteiger partial charge >= 0.3 is 53.5 Å². The maximum atomic E-state index is 0. The zero-order valence-corrected chi connectivity index (χ0v) is 10.2. The van der Waals surface area contributed by atoms with Crippen molar-refractivity contribution in [2.45, 2.75) is 0 Å². The Labute approximate surface area is 82.7 Å². The second-order valence-corrected chi connectivity index (χ2v) is 0. The van der Waals surface area contributed by atoms with Crippen LogP contribution in [0.3, 0.4) is 0 Å². The van der Waals surface area contributed by atoms with E-state index in [1.54, 1.807) is 0 Å². The molecule has 0 aromatic rings. The molecule has 8 heavy (non-hydrogen) atoms. The minimum absolute atomic E-state index is 0. The molecule has 0 nitrogen and oxygen atoms in total. The van der Waals surface area contributed by atoms with Crippen molar-refractivity contribution >= 4 is 23.9 Å². The topological polar surface area (TPSA) is 0 Å². The zero-order valence-electron chi connectivity index (χ0n) is 5.16. The van der Waals surface area contributed by atoms with E-state index in [9.17, 15) is 0 Å². The monoisotopic (exact) mass is 266 g/mol. The average Bonchev–Trinajstić information content (AvgIpc) is 0. The third-order valence-electron chi connectivity index (χ3n) is 0. The Kier molecular flexibility index (Phi) is 10400. The third kappa shape index (κ3) is 158. The van der Waals surface area contributed by atoms with Gasteiger partial charge in [0.2, 0.25) is 0 Å². The summed E-state index contributed by atoms with van der Waals surface area (Å²) in [6, 6.07) is 0. The molecule has 0 atom stereocenters. The fourth-order valence-electron chi connectivity index (χ4n) is 0. The molecule has 0 spiro atoms. The first-order valence-corrected chi connectivity index (χ1v) is 0. The van der Waals surface area contributed by atoms with Crippen LogP contribution < -0.4 is 29.6 Å². The van der Waals surface area contributed by atoms with Gasteiger partial charge in [0.15, 0.2) is 0 Å². The number of hydrogen-bond acceptors (Lipinski definition) is 0. The Bertz CT molecular complexity index is 13.0. The van der Waals surface area contributed by atoms with Crippen LogP contribution in [0.1, 0.15) is 1.43 Å². The van der Waals surface area contributed by atoms with E-state index in [0.29, 0.717) is 0 Å². The molecule has 8 heteroatoms. The van der Waals surface area contributed by atoms with Gasteiger partial charge in [-0.3, -0.25) is 28.2 Å². The van der Waals surface area contributed by atoms with E-state index in [4.69, 9.17) is 0 Å². The van der Waals surface area contributed by atoms with E-state index < -0.39 is 0 Å². The summed E-state index contributed by atoms with van der Waals surface area (Å²) in [4.78, 5) is 0. The van der Waals surface area contributed by atoms with E-state index in [2.05, 4.69) is 0 Å². The Hall–Kier alpha value is 1.38. The number of rotatable bonds is 0. The molecule has 0 saturated heterocycles.